The van der Waals surface area contributed by atoms with E-state index in [4.69, 9.17) is 19.4 Å². The summed E-state index contributed by atoms with van der Waals surface area (Å²) in [4.78, 5) is 15.6. The monoisotopic (exact) mass is 707 g/mol. The van der Waals surface area contributed by atoms with Crippen LogP contribution in [0, 0.1) is 0 Å². The van der Waals surface area contributed by atoms with Crippen molar-refractivity contribution in [2.75, 3.05) is 0 Å². The fraction of sp³-hybridized carbons (Fsp3) is 0. The van der Waals surface area contributed by atoms with E-state index in [0.29, 0.717) is 17.5 Å². The maximum atomic E-state index is 6.76. The maximum Gasteiger partial charge on any atom is 0.167 e. The molecule has 11 rings (SSSR count). The van der Waals surface area contributed by atoms with Crippen LogP contribution in [0.25, 0.3) is 109 Å². The van der Waals surface area contributed by atoms with Gasteiger partial charge in [0.1, 0.15) is 11.2 Å². The molecule has 0 aliphatic heterocycles. The predicted octanol–water partition coefficient (Wildman–Crippen LogP) is 13.6. The predicted molar refractivity (Wildman–Crippen MR) is 225 cm³/mol. The van der Waals surface area contributed by atoms with Gasteiger partial charge in [-0.2, -0.15) is 0 Å². The van der Waals surface area contributed by atoms with Crippen LogP contribution in [0.5, 0.6) is 0 Å². The van der Waals surface area contributed by atoms with Crippen LogP contribution in [-0.2, 0) is 0 Å². The van der Waals surface area contributed by atoms with E-state index in [1.54, 1.807) is 11.3 Å². The molecule has 0 saturated carbocycles. The van der Waals surface area contributed by atoms with Crippen molar-refractivity contribution in [1.29, 1.82) is 0 Å². The zero-order chi connectivity index (χ0) is 35.6. The molecule has 5 heteroatoms. The van der Waals surface area contributed by atoms with Crippen LogP contribution in [0.3, 0.4) is 0 Å². The number of hydrogen-bond donors (Lipinski definition) is 0. The Morgan fingerprint density at radius 2 is 0.963 bits per heavy atom. The fourth-order valence-electron chi connectivity index (χ4n) is 7.82. The Balaban J connectivity index is 1.14. The first-order valence-corrected chi connectivity index (χ1v) is 18.8. The number of thiophene rings is 1. The molecule has 54 heavy (non-hydrogen) atoms. The highest BCUT2D eigenvalue weighted by Gasteiger charge is 2.21. The normalized spacial score (nSPS) is 11.7. The van der Waals surface area contributed by atoms with E-state index < -0.39 is 0 Å². The molecule has 3 aromatic heterocycles. The molecule has 0 saturated heterocycles. The van der Waals surface area contributed by atoms with Crippen LogP contribution >= 0.6 is 11.3 Å². The summed E-state index contributed by atoms with van der Waals surface area (Å²) in [6.07, 6.45) is 0. The smallest absolute Gasteiger partial charge is 0.167 e. The van der Waals surface area contributed by atoms with E-state index in [9.17, 15) is 0 Å². The molecule has 0 unspecified atom stereocenters. The van der Waals surface area contributed by atoms with Gasteiger partial charge in [-0.15, -0.1) is 11.3 Å². The van der Waals surface area contributed by atoms with Crippen molar-refractivity contribution in [1.82, 2.24) is 15.0 Å². The van der Waals surface area contributed by atoms with Gasteiger partial charge in [0.05, 0.1) is 5.56 Å². The molecule has 0 fully saturated rings. The van der Waals surface area contributed by atoms with Gasteiger partial charge >= 0.3 is 0 Å². The van der Waals surface area contributed by atoms with Crippen molar-refractivity contribution in [2.24, 2.45) is 0 Å². The second-order valence-electron chi connectivity index (χ2n) is 13.5. The van der Waals surface area contributed by atoms with Gasteiger partial charge in [0.2, 0.25) is 0 Å². The number of rotatable bonds is 5. The minimum Gasteiger partial charge on any atom is -0.455 e. The summed E-state index contributed by atoms with van der Waals surface area (Å²) in [5.74, 6) is 1.81. The highest BCUT2D eigenvalue weighted by atomic mass is 32.1. The van der Waals surface area contributed by atoms with Crippen LogP contribution in [0.15, 0.2) is 180 Å². The Hall–Kier alpha value is -6.95. The lowest BCUT2D eigenvalue weighted by Crippen LogP contribution is -2.00. The van der Waals surface area contributed by atoms with Gasteiger partial charge in [-0.25, -0.2) is 15.0 Å². The van der Waals surface area contributed by atoms with Crippen molar-refractivity contribution in [3.63, 3.8) is 0 Å². The summed E-state index contributed by atoms with van der Waals surface area (Å²) in [5.41, 5.74) is 9.12. The summed E-state index contributed by atoms with van der Waals surface area (Å²) >= 11 is 1.80. The lowest BCUT2D eigenvalue weighted by molar-refractivity contribution is 0.673. The zero-order valence-corrected chi connectivity index (χ0v) is 29.7. The zero-order valence-electron chi connectivity index (χ0n) is 28.9. The lowest BCUT2D eigenvalue weighted by atomic mass is 9.93. The SMILES string of the molecule is c1ccc(-c2nc(-c3cccc4c3oc3c5ccccc5ccc43)nc(-c3cccc4sc5ccc(-c6ccccc6-c6ccccc6)cc5c34)n2)cc1. The van der Waals surface area contributed by atoms with Gasteiger partial charge in [0.25, 0.3) is 0 Å². The molecule has 0 aliphatic rings. The molecule has 11 aromatic rings. The van der Waals surface area contributed by atoms with Gasteiger partial charge in [-0.1, -0.05) is 146 Å². The van der Waals surface area contributed by atoms with E-state index in [1.807, 2.05) is 30.3 Å². The largest absolute Gasteiger partial charge is 0.455 e. The molecule has 0 bridgehead atoms. The quantitative estimate of drug-likeness (QED) is 0.179. The van der Waals surface area contributed by atoms with E-state index in [2.05, 4.69) is 146 Å². The lowest BCUT2D eigenvalue weighted by Gasteiger charge is -2.11. The highest BCUT2D eigenvalue weighted by molar-refractivity contribution is 7.26. The summed E-state index contributed by atoms with van der Waals surface area (Å²) in [7, 11) is 0. The molecule has 0 aliphatic carbocycles. The van der Waals surface area contributed by atoms with Crippen LogP contribution in [-0.4, -0.2) is 15.0 Å². The maximum absolute atomic E-state index is 6.76. The van der Waals surface area contributed by atoms with Gasteiger partial charge in [0.15, 0.2) is 17.5 Å². The summed E-state index contributed by atoms with van der Waals surface area (Å²) in [5, 5.41) is 6.65. The van der Waals surface area contributed by atoms with E-state index in [0.717, 1.165) is 54.8 Å². The third-order valence-corrected chi connectivity index (χ3v) is 11.5. The van der Waals surface area contributed by atoms with E-state index in [-0.39, 0.29) is 0 Å². The first-order valence-electron chi connectivity index (χ1n) is 18.0. The molecule has 0 radical (unpaired) electrons. The summed E-state index contributed by atoms with van der Waals surface area (Å²) in [6.45, 7) is 0. The Kier molecular flexibility index (Phi) is 7.00. The van der Waals surface area contributed by atoms with E-state index in [1.165, 1.54) is 37.0 Å². The average molecular weight is 708 g/mol. The molecule has 0 atom stereocenters. The Morgan fingerprint density at radius 1 is 0.352 bits per heavy atom. The van der Waals surface area contributed by atoms with Crippen molar-refractivity contribution >= 4 is 64.2 Å². The molecule has 4 nitrogen and oxygen atoms in total. The average Bonchev–Trinajstić information content (AvgIpc) is 3.83. The number of nitrogens with zero attached hydrogens (tertiary/aromatic N) is 3. The molecule has 8 aromatic carbocycles. The standard InChI is InChI=1S/C49H29N3OS/c1-3-13-30(14-4-1)34-18-9-10-19-35(34)33-26-28-42-41(29-33)44-39(22-12-24-43(44)54-42)48-50-47(32-16-5-2-6-17-32)51-49(52-48)40-23-11-21-37-38-27-25-31-15-7-8-20-36(31)45(38)53-46(37)40/h1-29H. The van der Waals surface area contributed by atoms with Crippen molar-refractivity contribution in [3.05, 3.63) is 176 Å². The number of aromatic nitrogens is 3. The molecular weight excluding hydrogens is 679 g/mol. The van der Waals surface area contributed by atoms with Gasteiger partial charge in [0, 0.05) is 47.5 Å². The Bertz CT molecular complexity index is 3220. The highest BCUT2D eigenvalue weighted by Crippen LogP contribution is 2.43. The molecule has 0 spiro atoms. The van der Waals surface area contributed by atoms with Crippen LogP contribution in [0.2, 0.25) is 0 Å². The molecule has 252 valence electrons. The molecule has 0 amide bonds. The third kappa shape index (κ3) is 4.94. The van der Waals surface area contributed by atoms with Crippen LogP contribution < -0.4 is 0 Å². The van der Waals surface area contributed by atoms with Crippen LogP contribution in [0.4, 0.5) is 0 Å². The first kappa shape index (κ1) is 30.7. The summed E-state index contributed by atoms with van der Waals surface area (Å²) < 4.78 is 9.16. The number of hydrogen-bond acceptors (Lipinski definition) is 5. The van der Waals surface area contributed by atoms with Crippen molar-refractivity contribution in [2.45, 2.75) is 0 Å². The second kappa shape index (κ2) is 12.3. The minimum atomic E-state index is 0.571. The Morgan fingerprint density at radius 3 is 1.80 bits per heavy atom. The van der Waals surface area contributed by atoms with Crippen molar-refractivity contribution in [3.8, 4) is 56.4 Å². The van der Waals surface area contributed by atoms with Crippen molar-refractivity contribution < 1.29 is 4.42 Å². The van der Waals surface area contributed by atoms with Gasteiger partial charge in [-0.05, 0) is 58.0 Å². The third-order valence-electron chi connectivity index (χ3n) is 10.4. The molecular formula is C49H29N3OS. The summed E-state index contributed by atoms with van der Waals surface area (Å²) in [6, 6.07) is 61.5. The number of para-hydroxylation sites is 1. The molecule has 3 heterocycles. The molecule has 0 N–H and O–H groups in total. The Labute approximate surface area is 314 Å². The number of benzene rings is 8. The number of furan rings is 1. The van der Waals surface area contributed by atoms with E-state index >= 15 is 0 Å². The minimum absolute atomic E-state index is 0.571. The first-order chi connectivity index (χ1) is 26.8. The topological polar surface area (TPSA) is 51.8 Å². The van der Waals surface area contributed by atoms with Crippen LogP contribution in [0.1, 0.15) is 0 Å². The second-order valence-corrected chi connectivity index (χ2v) is 14.6. The fourth-order valence-corrected chi connectivity index (χ4v) is 8.93. The van der Waals surface area contributed by atoms with Gasteiger partial charge < -0.3 is 4.42 Å². The number of fused-ring (bicyclic) bond motifs is 8. The van der Waals surface area contributed by atoms with Gasteiger partial charge in [-0.3, -0.25) is 0 Å².